The molecule has 0 aromatic heterocycles. The van der Waals surface area contributed by atoms with Crippen LogP contribution in [0.2, 0.25) is 0 Å². The lowest BCUT2D eigenvalue weighted by molar-refractivity contribution is -0.132. The van der Waals surface area contributed by atoms with Crippen molar-refractivity contribution in [2.45, 2.75) is 30.6 Å². The van der Waals surface area contributed by atoms with E-state index in [9.17, 15) is 13.2 Å². The number of hydrogen-bond acceptors (Lipinski definition) is 5. The molecule has 0 saturated carbocycles. The average molecular weight is 305 g/mol. The Kier molecular flexibility index (Phi) is 5.00. The molecule has 0 aliphatic carbocycles. The Hall–Kier alpha value is -0.700. The topological polar surface area (TPSA) is 92.9 Å². The third-order valence-electron chi connectivity index (χ3n) is 3.97. The Balaban J connectivity index is 1.96. The molecule has 0 spiro atoms. The number of carbonyl (C=O) groups excluding carboxylic acids is 1. The van der Waals surface area contributed by atoms with Crippen LogP contribution in [0.3, 0.4) is 0 Å². The van der Waals surface area contributed by atoms with Crippen molar-refractivity contribution in [2.24, 2.45) is 5.73 Å². The normalized spacial score (nSPS) is 26.1. The quantitative estimate of drug-likeness (QED) is 0.702. The van der Waals surface area contributed by atoms with Crippen molar-refractivity contribution < 1.29 is 17.9 Å². The lowest BCUT2D eigenvalue weighted by Crippen LogP contribution is -2.46. The van der Waals surface area contributed by atoms with Gasteiger partial charge in [0.15, 0.2) is 0 Å². The Morgan fingerprint density at radius 3 is 2.60 bits per heavy atom. The molecule has 0 bridgehead atoms. The molecule has 0 radical (unpaired) electrons. The van der Waals surface area contributed by atoms with Gasteiger partial charge >= 0.3 is 0 Å². The SMILES string of the molecule is COCC(N)C(=O)N1CCC(S(=O)(=O)N2CCCC2)C1. The molecule has 2 aliphatic heterocycles. The number of likely N-dealkylation sites (tertiary alicyclic amines) is 1. The van der Waals surface area contributed by atoms with E-state index in [4.69, 9.17) is 10.5 Å². The number of nitrogens with zero attached hydrogens (tertiary/aromatic N) is 2. The van der Waals surface area contributed by atoms with Gasteiger partial charge in [0, 0.05) is 33.3 Å². The lowest BCUT2D eigenvalue weighted by atomic mass is 10.3. The van der Waals surface area contributed by atoms with Crippen molar-refractivity contribution in [1.82, 2.24) is 9.21 Å². The fraction of sp³-hybridized carbons (Fsp3) is 0.917. The summed E-state index contributed by atoms with van der Waals surface area (Å²) < 4.78 is 31.3. The standard InChI is InChI=1S/C12H23N3O4S/c1-19-9-11(13)12(16)14-7-4-10(8-14)20(17,18)15-5-2-3-6-15/h10-11H,2-9,13H2,1H3. The predicted molar refractivity (Wildman–Crippen MR) is 74.6 cm³/mol. The summed E-state index contributed by atoms with van der Waals surface area (Å²) in [7, 11) is -1.79. The van der Waals surface area contributed by atoms with Gasteiger partial charge in [-0.1, -0.05) is 0 Å². The maximum atomic E-state index is 12.4. The minimum absolute atomic E-state index is 0.152. The molecule has 2 rings (SSSR count). The molecule has 20 heavy (non-hydrogen) atoms. The van der Waals surface area contributed by atoms with Crippen LogP contribution in [0, 0.1) is 0 Å². The maximum Gasteiger partial charge on any atom is 0.241 e. The van der Waals surface area contributed by atoms with Gasteiger partial charge in [-0.15, -0.1) is 0 Å². The van der Waals surface area contributed by atoms with Gasteiger partial charge in [0.2, 0.25) is 15.9 Å². The first kappa shape index (κ1) is 15.7. The average Bonchev–Trinajstić information content (AvgIpc) is 3.09. The van der Waals surface area contributed by atoms with Crippen molar-refractivity contribution in [3.05, 3.63) is 0 Å². The molecule has 2 unspecified atom stereocenters. The molecule has 8 heteroatoms. The number of hydrogen-bond donors (Lipinski definition) is 1. The molecule has 7 nitrogen and oxygen atoms in total. The monoisotopic (exact) mass is 305 g/mol. The summed E-state index contributed by atoms with van der Waals surface area (Å²) in [6.45, 7) is 2.06. The van der Waals surface area contributed by atoms with E-state index < -0.39 is 21.3 Å². The zero-order valence-electron chi connectivity index (χ0n) is 11.8. The summed E-state index contributed by atoms with van der Waals surface area (Å²) in [5, 5.41) is -0.487. The van der Waals surface area contributed by atoms with Gasteiger partial charge in [-0.2, -0.15) is 0 Å². The Bertz CT molecular complexity index is 448. The largest absolute Gasteiger partial charge is 0.383 e. The summed E-state index contributed by atoms with van der Waals surface area (Å²) in [4.78, 5) is 13.6. The molecule has 0 aromatic carbocycles. The van der Waals surface area contributed by atoms with Crippen molar-refractivity contribution in [3.63, 3.8) is 0 Å². The van der Waals surface area contributed by atoms with Gasteiger partial charge < -0.3 is 15.4 Å². The fourth-order valence-corrected chi connectivity index (χ4v) is 4.77. The second-order valence-corrected chi connectivity index (χ2v) is 7.62. The van der Waals surface area contributed by atoms with Crippen molar-refractivity contribution >= 4 is 15.9 Å². The fourth-order valence-electron chi connectivity index (χ4n) is 2.81. The number of rotatable bonds is 5. The lowest BCUT2D eigenvalue weighted by Gasteiger charge is -2.22. The van der Waals surface area contributed by atoms with Crippen LogP contribution < -0.4 is 5.73 Å². The van der Waals surface area contributed by atoms with Gasteiger partial charge in [0.25, 0.3) is 0 Å². The number of methoxy groups -OCH3 is 1. The van der Waals surface area contributed by atoms with E-state index in [0.29, 0.717) is 26.1 Å². The number of ether oxygens (including phenoxy) is 1. The highest BCUT2D eigenvalue weighted by Gasteiger charge is 2.40. The molecule has 2 saturated heterocycles. The van der Waals surface area contributed by atoms with Crippen LogP contribution >= 0.6 is 0 Å². The third-order valence-corrected chi connectivity index (χ3v) is 6.28. The van der Waals surface area contributed by atoms with Crippen LogP contribution in [0.15, 0.2) is 0 Å². The minimum Gasteiger partial charge on any atom is -0.383 e. The van der Waals surface area contributed by atoms with E-state index in [-0.39, 0.29) is 19.1 Å². The van der Waals surface area contributed by atoms with E-state index in [0.717, 1.165) is 12.8 Å². The number of nitrogens with two attached hydrogens (primary N) is 1. The number of sulfonamides is 1. The summed E-state index contributed by atoms with van der Waals surface area (Å²) in [5.41, 5.74) is 5.71. The third kappa shape index (κ3) is 3.13. The van der Waals surface area contributed by atoms with Gasteiger partial charge in [-0.3, -0.25) is 4.79 Å². The first-order valence-corrected chi connectivity index (χ1v) is 8.49. The Morgan fingerprint density at radius 2 is 2.00 bits per heavy atom. The first-order valence-electron chi connectivity index (χ1n) is 6.99. The number of carbonyl (C=O) groups is 1. The highest BCUT2D eigenvalue weighted by molar-refractivity contribution is 7.89. The minimum atomic E-state index is -3.28. The summed E-state index contributed by atoms with van der Waals surface area (Å²) >= 11 is 0. The zero-order valence-corrected chi connectivity index (χ0v) is 12.6. The van der Waals surface area contributed by atoms with Crippen LogP contribution in [-0.2, 0) is 19.6 Å². The molecule has 2 fully saturated rings. The van der Waals surface area contributed by atoms with Gasteiger partial charge in [0.05, 0.1) is 11.9 Å². The maximum absolute atomic E-state index is 12.4. The second-order valence-electron chi connectivity index (χ2n) is 5.41. The Labute approximate surface area is 120 Å². The molecule has 2 aliphatic rings. The van der Waals surface area contributed by atoms with Crippen LogP contribution in [0.1, 0.15) is 19.3 Å². The van der Waals surface area contributed by atoms with Crippen LogP contribution in [0.25, 0.3) is 0 Å². The van der Waals surface area contributed by atoms with Crippen LogP contribution in [0.5, 0.6) is 0 Å². The molecule has 1 amide bonds. The Morgan fingerprint density at radius 1 is 1.35 bits per heavy atom. The molecular weight excluding hydrogens is 282 g/mol. The zero-order chi connectivity index (χ0) is 14.8. The summed E-state index contributed by atoms with van der Waals surface area (Å²) in [5.74, 6) is -0.231. The second kappa shape index (κ2) is 6.38. The van der Waals surface area contributed by atoms with E-state index >= 15 is 0 Å². The highest BCUT2D eigenvalue weighted by atomic mass is 32.2. The van der Waals surface area contributed by atoms with Gasteiger partial charge in [-0.25, -0.2) is 12.7 Å². The molecule has 2 atom stereocenters. The summed E-state index contributed by atoms with van der Waals surface area (Å²) in [6, 6.07) is -0.715. The summed E-state index contributed by atoms with van der Waals surface area (Å²) in [6.07, 6.45) is 2.34. The van der Waals surface area contributed by atoms with E-state index in [1.54, 1.807) is 9.21 Å². The van der Waals surface area contributed by atoms with Crippen molar-refractivity contribution in [1.29, 1.82) is 0 Å². The van der Waals surface area contributed by atoms with Gasteiger partial charge in [-0.05, 0) is 19.3 Å². The van der Waals surface area contributed by atoms with Crippen LogP contribution in [0.4, 0.5) is 0 Å². The van der Waals surface area contributed by atoms with Crippen molar-refractivity contribution in [3.8, 4) is 0 Å². The molecule has 0 aromatic rings. The van der Waals surface area contributed by atoms with E-state index in [2.05, 4.69) is 0 Å². The van der Waals surface area contributed by atoms with E-state index in [1.165, 1.54) is 7.11 Å². The van der Waals surface area contributed by atoms with Crippen molar-refractivity contribution in [2.75, 3.05) is 39.9 Å². The molecule has 2 N–H and O–H groups in total. The first-order chi connectivity index (χ1) is 9.46. The van der Waals surface area contributed by atoms with Crippen LogP contribution in [-0.4, -0.2) is 74.7 Å². The van der Waals surface area contributed by atoms with Gasteiger partial charge in [0.1, 0.15) is 6.04 Å². The predicted octanol–water partition coefficient (Wildman–Crippen LogP) is -1.01. The smallest absolute Gasteiger partial charge is 0.241 e. The molecular formula is C12H23N3O4S. The molecule has 2 heterocycles. The number of amides is 1. The van der Waals surface area contributed by atoms with E-state index in [1.807, 2.05) is 0 Å². The molecule has 116 valence electrons. The highest BCUT2D eigenvalue weighted by Crippen LogP contribution is 2.23.